The van der Waals surface area contributed by atoms with Crippen LogP contribution in [-0.4, -0.2) is 32.7 Å². The molecular weight excluding hydrogens is 340 g/mol. The largest absolute Gasteiger partial charge is 0.487 e. The maximum atomic E-state index is 5.85. The first-order chi connectivity index (χ1) is 13.3. The smallest absolute Gasteiger partial charge is 0.130 e. The Bertz CT molecular complexity index is 873. The molecule has 140 valence electrons. The number of nitrogens with zero attached hydrogens (tertiary/aromatic N) is 4. The van der Waals surface area contributed by atoms with Gasteiger partial charge in [-0.15, -0.1) is 5.10 Å². The summed E-state index contributed by atoms with van der Waals surface area (Å²) in [6.07, 6.45) is 7.50. The molecule has 0 aliphatic carbocycles. The van der Waals surface area contributed by atoms with E-state index < -0.39 is 0 Å². The van der Waals surface area contributed by atoms with Crippen LogP contribution in [0.3, 0.4) is 0 Å². The summed E-state index contributed by atoms with van der Waals surface area (Å²) in [5.41, 5.74) is 3.96. The number of hydrogen-bond acceptors (Lipinski definition) is 5. The number of pyridine rings is 1. The van der Waals surface area contributed by atoms with E-state index in [2.05, 4.69) is 22.2 Å². The summed E-state index contributed by atoms with van der Waals surface area (Å²) in [4.78, 5) is 4.28. The topological polar surface area (TPSA) is 62.1 Å². The van der Waals surface area contributed by atoms with E-state index in [1.165, 1.54) is 6.42 Å². The van der Waals surface area contributed by atoms with Crippen LogP contribution in [0.4, 0.5) is 0 Å². The fourth-order valence-corrected chi connectivity index (χ4v) is 3.33. The molecular formula is C21H24N4O2. The van der Waals surface area contributed by atoms with Crippen LogP contribution < -0.4 is 4.74 Å². The molecule has 1 aliphatic rings. The molecule has 0 unspecified atom stereocenters. The molecule has 3 aromatic rings. The summed E-state index contributed by atoms with van der Waals surface area (Å²) in [7, 11) is 0. The molecule has 0 spiro atoms. The van der Waals surface area contributed by atoms with E-state index in [1.54, 1.807) is 6.20 Å². The van der Waals surface area contributed by atoms with Crippen LogP contribution >= 0.6 is 0 Å². The summed E-state index contributed by atoms with van der Waals surface area (Å²) in [5.74, 6) is 0.824. The third kappa shape index (κ3) is 4.52. The molecule has 0 N–H and O–H groups in total. The Morgan fingerprint density at radius 3 is 2.96 bits per heavy atom. The van der Waals surface area contributed by atoms with Crippen molar-refractivity contribution < 1.29 is 9.47 Å². The van der Waals surface area contributed by atoms with Gasteiger partial charge in [-0.25, -0.2) is 4.68 Å². The summed E-state index contributed by atoms with van der Waals surface area (Å²) < 4.78 is 13.5. The lowest BCUT2D eigenvalue weighted by molar-refractivity contribution is 0.00370. The van der Waals surface area contributed by atoms with Crippen molar-refractivity contribution in [2.45, 2.75) is 45.4 Å². The fourth-order valence-electron chi connectivity index (χ4n) is 3.33. The zero-order valence-corrected chi connectivity index (χ0v) is 15.5. The van der Waals surface area contributed by atoms with E-state index in [1.807, 2.05) is 47.3 Å². The lowest BCUT2D eigenvalue weighted by atomic mass is 10.1. The molecule has 1 atom stereocenters. The molecule has 0 bridgehead atoms. The summed E-state index contributed by atoms with van der Waals surface area (Å²) >= 11 is 0. The minimum atomic E-state index is 0.247. The normalized spacial score (nSPS) is 17.0. The zero-order valence-electron chi connectivity index (χ0n) is 15.5. The van der Waals surface area contributed by atoms with Crippen molar-refractivity contribution >= 4 is 0 Å². The molecule has 0 saturated carbocycles. The number of rotatable bonds is 6. The van der Waals surface area contributed by atoms with Crippen molar-refractivity contribution in [3.63, 3.8) is 0 Å². The molecule has 6 heteroatoms. The number of aryl methyl sites for hydroxylation is 1. The van der Waals surface area contributed by atoms with Crippen LogP contribution in [0.2, 0.25) is 0 Å². The van der Waals surface area contributed by atoms with Gasteiger partial charge in [-0.05, 0) is 62.1 Å². The standard InChI is InChI=1S/C21H24N4O2/c1-16-12-18(27-15-17-6-2-4-10-22-17)8-9-20(16)21-14-25(24-23-21)13-19-7-3-5-11-26-19/h2,4,6,8-10,12,14,19H,3,5,7,11,13,15H2,1H3/t19-/m1/s1. The number of ether oxygens (including phenoxy) is 2. The second-order valence-electron chi connectivity index (χ2n) is 6.90. The first kappa shape index (κ1) is 17.7. The number of aromatic nitrogens is 4. The Labute approximate surface area is 159 Å². The first-order valence-electron chi connectivity index (χ1n) is 9.43. The minimum Gasteiger partial charge on any atom is -0.487 e. The van der Waals surface area contributed by atoms with Crippen molar-refractivity contribution in [1.82, 2.24) is 20.0 Å². The van der Waals surface area contributed by atoms with Gasteiger partial charge in [-0.2, -0.15) is 0 Å². The van der Waals surface area contributed by atoms with Gasteiger partial charge in [-0.1, -0.05) is 11.3 Å². The predicted octanol–water partition coefficient (Wildman–Crippen LogP) is 3.80. The maximum Gasteiger partial charge on any atom is 0.130 e. The van der Waals surface area contributed by atoms with Gasteiger partial charge < -0.3 is 9.47 Å². The molecule has 0 radical (unpaired) electrons. The third-order valence-corrected chi connectivity index (χ3v) is 4.79. The molecule has 3 heterocycles. The molecule has 1 aliphatic heterocycles. The van der Waals surface area contributed by atoms with Gasteiger partial charge in [0, 0.05) is 18.4 Å². The Kier molecular flexibility index (Phi) is 5.44. The number of benzene rings is 1. The third-order valence-electron chi connectivity index (χ3n) is 4.79. The Morgan fingerprint density at radius 1 is 1.22 bits per heavy atom. The lowest BCUT2D eigenvalue weighted by Crippen LogP contribution is -2.24. The Balaban J connectivity index is 1.41. The van der Waals surface area contributed by atoms with Crippen LogP contribution in [0, 0.1) is 6.92 Å². The van der Waals surface area contributed by atoms with E-state index in [4.69, 9.17) is 9.47 Å². The predicted molar refractivity (Wildman–Crippen MR) is 102 cm³/mol. The summed E-state index contributed by atoms with van der Waals surface area (Å²) in [6.45, 7) is 4.13. The van der Waals surface area contributed by atoms with Crippen LogP contribution in [0.15, 0.2) is 48.8 Å². The molecule has 0 amide bonds. The molecule has 6 nitrogen and oxygen atoms in total. The minimum absolute atomic E-state index is 0.247. The molecule has 27 heavy (non-hydrogen) atoms. The van der Waals surface area contributed by atoms with Crippen LogP contribution in [0.5, 0.6) is 5.75 Å². The first-order valence-corrected chi connectivity index (χ1v) is 9.43. The highest BCUT2D eigenvalue weighted by atomic mass is 16.5. The van der Waals surface area contributed by atoms with E-state index in [0.29, 0.717) is 6.61 Å². The summed E-state index contributed by atoms with van der Waals surface area (Å²) in [5, 5.41) is 8.62. The number of hydrogen-bond donors (Lipinski definition) is 0. The van der Waals surface area contributed by atoms with Crippen molar-refractivity contribution in [1.29, 1.82) is 0 Å². The fraction of sp³-hybridized carbons (Fsp3) is 0.381. The average molecular weight is 364 g/mol. The van der Waals surface area contributed by atoms with Gasteiger partial charge in [0.15, 0.2) is 0 Å². The highest BCUT2D eigenvalue weighted by molar-refractivity contribution is 5.63. The van der Waals surface area contributed by atoms with E-state index in [-0.39, 0.29) is 6.10 Å². The second kappa shape index (κ2) is 8.31. The SMILES string of the molecule is Cc1cc(OCc2ccccn2)ccc1-c1cn(C[C@H]2CCCCO2)nn1. The lowest BCUT2D eigenvalue weighted by Gasteiger charge is -2.21. The highest BCUT2D eigenvalue weighted by Gasteiger charge is 2.16. The molecule has 1 saturated heterocycles. The van der Waals surface area contributed by atoms with Gasteiger partial charge in [0.2, 0.25) is 0 Å². The van der Waals surface area contributed by atoms with E-state index in [9.17, 15) is 0 Å². The van der Waals surface area contributed by atoms with Gasteiger partial charge >= 0.3 is 0 Å². The van der Waals surface area contributed by atoms with E-state index in [0.717, 1.165) is 54.3 Å². The van der Waals surface area contributed by atoms with Crippen molar-refractivity contribution in [3.8, 4) is 17.0 Å². The van der Waals surface area contributed by atoms with Crippen LogP contribution in [0.25, 0.3) is 11.3 Å². The molecule has 2 aromatic heterocycles. The van der Waals surface area contributed by atoms with Crippen molar-refractivity contribution in [3.05, 3.63) is 60.0 Å². The maximum absolute atomic E-state index is 5.85. The van der Waals surface area contributed by atoms with Crippen LogP contribution in [-0.2, 0) is 17.9 Å². The van der Waals surface area contributed by atoms with Gasteiger partial charge in [0.05, 0.1) is 24.5 Å². The van der Waals surface area contributed by atoms with Crippen molar-refractivity contribution in [2.24, 2.45) is 0 Å². The second-order valence-corrected chi connectivity index (χ2v) is 6.90. The van der Waals surface area contributed by atoms with Crippen LogP contribution in [0.1, 0.15) is 30.5 Å². The highest BCUT2D eigenvalue weighted by Crippen LogP contribution is 2.26. The van der Waals surface area contributed by atoms with E-state index >= 15 is 0 Å². The quantitative estimate of drug-likeness (QED) is 0.666. The van der Waals surface area contributed by atoms with Gasteiger partial charge in [0.1, 0.15) is 18.1 Å². The van der Waals surface area contributed by atoms with Crippen molar-refractivity contribution in [2.75, 3.05) is 6.61 Å². The molecule has 1 aromatic carbocycles. The monoisotopic (exact) mass is 364 g/mol. The zero-order chi connectivity index (χ0) is 18.5. The Hall–Kier alpha value is -2.73. The summed E-state index contributed by atoms with van der Waals surface area (Å²) in [6, 6.07) is 11.8. The molecule has 1 fully saturated rings. The van der Waals surface area contributed by atoms with Gasteiger partial charge in [-0.3, -0.25) is 4.98 Å². The van der Waals surface area contributed by atoms with Gasteiger partial charge in [0.25, 0.3) is 0 Å². The Morgan fingerprint density at radius 2 is 2.19 bits per heavy atom. The molecule has 4 rings (SSSR count). The average Bonchev–Trinajstić information content (AvgIpc) is 3.16.